The van der Waals surface area contributed by atoms with Crippen molar-refractivity contribution in [3.63, 3.8) is 0 Å². The fourth-order valence-corrected chi connectivity index (χ4v) is 3.12. The van der Waals surface area contributed by atoms with E-state index in [2.05, 4.69) is 4.72 Å². The third-order valence-corrected chi connectivity index (χ3v) is 4.71. The standard InChI is InChI=1S/C15H23NO4S/c1-4-12-5-7-14(8-6-12)21(19,20)16-10-13(15(17)18)9-11(2)3/h5-8,11,13,16H,4,9-10H2,1-3H3,(H,17,18). The third kappa shape index (κ3) is 5.47. The van der Waals surface area contributed by atoms with Gasteiger partial charge in [-0.3, -0.25) is 4.79 Å². The highest BCUT2D eigenvalue weighted by molar-refractivity contribution is 7.89. The van der Waals surface area contributed by atoms with Gasteiger partial charge < -0.3 is 5.11 Å². The van der Waals surface area contributed by atoms with E-state index in [1.807, 2.05) is 20.8 Å². The lowest BCUT2D eigenvalue weighted by Crippen LogP contribution is -2.33. The SMILES string of the molecule is CCc1ccc(S(=O)(=O)NCC(CC(C)C)C(=O)O)cc1. The first-order chi connectivity index (χ1) is 9.76. The molecule has 0 aliphatic heterocycles. The summed E-state index contributed by atoms with van der Waals surface area (Å²) in [6.45, 7) is 5.72. The van der Waals surface area contributed by atoms with E-state index in [1.54, 1.807) is 24.3 Å². The quantitative estimate of drug-likeness (QED) is 0.771. The van der Waals surface area contributed by atoms with Crippen LogP contribution in [0.4, 0.5) is 0 Å². The first-order valence-electron chi connectivity index (χ1n) is 7.07. The Morgan fingerprint density at radius 2 is 1.81 bits per heavy atom. The number of carboxylic acids is 1. The minimum absolute atomic E-state index is 0.0919. The molecule has 21 heavy (non-hydrogen) atoms. The zero-order valence-electron chi connectivity index (χ0n) is 12.7. The first kappa shape index (κ1) is 17.7. The zero-order valence-corrected chi connectivity index (χ0v) is 13.5. The van der Waals surface area contributed by atoms with E-state index in [0.29, 0.717) is 6.42 Å². The van der Waals surface area contributed by atoms with Gasteiger partial charge in [-0.15, -0.1) is 0 Å². The molecule has 5 nitrogen and oxygen atoms in total. The van der Waals surface area contributed by atoms with E-state index < -0.39 is 21.9 Å². The second kappa shape index (κ2) is 7.56. The summed E-state index contributed by atoms with van der Waals surface area (Å²) in [6, 6.07) is 6.60. The molecule has 1 atom stereocenters. The van der Waals surface area contributed by atoms with Crippen LogP contribution in [-0.4, -0.2) is 26.0 Å². The Balaban J connectivity index is 2.76. The van der Waals surface area contributed by atoms with Crippen molar-refractivity contribution in [1.29, 1.82) is 0 Å². The number of carboxylic acid groups (broad SMARTS) is 1. The van der Waals surface area contributed by atoms with Gasteiger partial charge in [0, 0.05) is 6.54 Å². The predicted octanol–water partition coefficient (Wildman–Crippen LogP) is 2.27. The van der Waals surface area contributed by atoms with Crippen LogP contribution in [0.15, 0.2) is 29.2 Å². The lowest BCUT2D eigenvalue weighted by molar-refractivity contribution is -0.142. The Bertz CT molecular complexity index is 564. The molecule has 0 aromatic heterocycles. The second-order valence-electron chi connectivity index (χ2n) is 5.51. The van der Waals surface area contributed by atoms with Gasteiger partial charge in [-0.2, -0.15) is 0 Å². The Morgan fingerprint density at radius 1 is 1.24 bits per heavy atom. The largest absolute Gasteiger partial charge is 0.481 e. The van der Waals surface area contributed by atoms with Gasteiger partial charge in [0.05, 0.1) is 10.8 Å². The molecule has 0 aliphatic carbocycles. The average Bonchev–Trinajstić information content (AvgIpc) is 2.43. The number of nitrogens with one attached hydrogen (secondary N) is 1. The molecule has 118 valence electrons. The predicted molar refractivity (Wildman–Crippen MR) is 81.6 cm³/mol. The van der Waals surface area contributed by atoms with E-state index in [1.165, 1.54) is 0 Å². The second-order valence-corrected chi connectivity index (χ2v) is 7.28. The molecule has 0 aliphatic rings. The molecule has 1 aromatic carbocycles. The molecule has 0 radical (unpaired) electrons. The summed E-state index contributed by atoms with van der Waals surface area (Å²) in [7, 11) is -3.66. The van der Waals surface area contributed by atoms with Crippen LogP contribution in [0.3, 0.4) is 0 Å². The topological polar surface area (TPSA) is 83.5 Å². The number of aliphatic carboxylic acids is 1. The van der Waals surface area contributed by atoms with Crippen molar-refractivity contribution >= 4 is 16.0 Å². The van der Waals surface area contributed by atoms with Gasteiger partial charge in [-0.05, 0) is 36.5 Å². The number of sulfonamides is 1. The van der Waals surface area contributed by atoms with E-state index in [9.17, 15) is 13.2 Å². The first-order valence-corrected chi connectivity index (χ1v) is 8.56. The molecule has 1 unspecified atom stereocenters. The summed E-state index contributed by atoms with van der Waals surface area (Å²) in [5, 5.41) is 9.12. The lowest BCUT2D eigenvalue weighted by atomic mass is 9.98. The minimum atomic E-state index is -3.66. The van der Waals surface area contributed by atoms with Crippen molar-refractivity contribution in [2.24, 2.45) is 11.8 Å². The van der Waals surface area contributed by atoms with Crippen LogP contribution in [0.1, 0.15) is 32.8 Å². The number of hydrogen-bond donors (Lipinski definition) is 2. The molecule has 0 saturated carbocycles. The Kier molecular flexibility index (Phi) is 6.36. The molecule has 0 spiro atoms. The molecule has 1 aromatic rings. The number of benzene rings is 1. The summed E-state index contributed by atoms with van der Waals surface area (Å²) in [6.07, 6.45) is 1.27. The van der Waals surface area contributed by atoms with Gasteiger partial charge in [0.1, 0.15) is 0 Å². The summed E-state index contributed by atoms with van der Waals surface area (Å²) in [5.41, 5.74) is 1.05. The number of carbonyl (C=O) groups is 1. The average molecular weight is 313 g/mol. The van der Waals surface area contributed by atoms with Crippen LogP contribution in [0.5, 0.6) is 0 Å². The maximum absolute atomic E-state index is 12.1. The number of aryl methyl sites for hydroxylation is 1. The maximum atomic E-state index is 12.1. The van der Waals surface area contributed by atoms with Crippen LogP contribution < -0.4 is 4.72 Å². The zero-order chi connectivity index (χ0) is 16.0. The molecule has 6 heteroatoms. The summed E-state index contributed by atoms with van der Waals surface area (Å²) in [4.78, 5) is 11.3. The molecule has 0 bridgehead atoms. The van der Waals surface area contributed by atoms with Gasteiger partial charge in [0.15, 0.2) is 0 Å². The molecule has 1 rings (SSSR count). The van der Waals surface area contributed by atoms with Crippen molar-refractivity contribution in [2.45, 2.75) is 38.5 Å². The van der Waals surface area contributed by atoms with Crippen molar-refractivity contribution in [3.8, 4) is 0 Å². The van der Waals surface area contributed by atoms with E-state index in [0.717, 1.165) is 12.0 Å². The van der Waals surface area contributed by atoms with Crippen LogP contribution in [0.2, 0.25) is 0 Å². The van der Waals surface area contributed by atoms with Crippen LogP contribution >= 0.6 is 0 Å². The summed E-state index contributed by atoms with van der Waals surface area (Å²) >= 11 is 0. The van der Waals surface area contributed by atoms with Crippen molar-refractivity contribution in [3.05, 3.63) is 29.8 Å². The molecule has 2 N–H and O–H groups in total. The highest BCUT2D eigenvalue weighted by Gasteiger charge is 2.22. The van der Waals surface area contributed by atoms with Crippen molar-refractivity contribution < 1.29 is 18.3 Å². The number of hydrogen-bond acceptors (Lipinski definition) is 3. The molecular formula is C15H23NO4S. The van der Waals surface area contributed by atoms with Gasteiger partial charge in [0.2, 0.25) is 10.0 Å². The fraction of sp³-hybridized carbons (Fsp3) is 0.533. The lowest BCUT2D eigenvalue weighted by Gasteiger charge is -2.15. The van der Waals surface area contributed by atoms with Crippen LogP contribution in [0.25, 0.3) is 0 Å². The monoisotopic (exact) mass is 313 g/mol. The third-order valence-electron chi connectivity index (χ3n) is 3.27. The summed E-state index contributed by atoms with van der Waals surface area (Å²) < 4.78 is 26.7. The molecular weight excluding hydrogens is 290 g/mol. The molecule has 0 heterocycles. The molecule has 0 saturated heterocycles. The fourth-order valence-electron chi connectivity index (χ4n) is 2.04. The molecule has 0 amide bonds. The van der Waals surface area contributed by atoms with E-state index in [4.69, 9.17) is 5.11 Å². The van der Waals surface area contributed by atoms with Crippen molar-refractivity contribution in [2.75, 3.05) is 6.54 Å². The van der Waals surface area contributed by atoms with Crippen molar-refractivity contribution in [1.82, 2.24) is 4.72 Å². The molecule has 0 fully saturated rings. The Hall–Kier alpha value is -1.40. The highest BCUT2D eigenvalue weighted by atomic mass is 32.2. The Labute approximate surface area is 126 Å². The van der Waals surface area contributed by atoms with Gasteiger partial charge >= 0.3 is 5.97 Å². The van der Waals surface area contributed by atoms with Crippen LogP contribution in [0, 0.1) is 11.8 Å². The minimum Gasteiger partial charge on any atom is -0.481 e. The highest BCUT2D eigenvalue weighted by Crippen LogP contribution is 2.14. The maximum Gasteiger partial charge on any atom is 0.307 e. The smallest absolute Gasteiger partial charge is 0.307 e. The normalized spacial score (nSPS) is 13.3. The van der Waals surface area contributed by atoms with E-state index in [-0.39, 0.29) is 17.4 Å². The number of rotatable bonds is 8. The van der Waals surface area contributed by atoms with Crippen LogP contribution in [-0.2, 0) is 21.2 Å². The van der Waals surface area contributed by atoms with Gasteiger partial charge in [-0.25, -0.2) is 13.1 Å². The summed E-state index contributed by atoms with van der Waals surface area (Å²) in [5.74, 6) is -1.50. The Morgan fingerprint density at radius 3 is 2.24 bits per heavy atom. The van der Waals surface area contributed by atoms with Gasteiger partial charge in [-0.1, -0.05) is 32.9 Å². The van der Waals surface area contributed by atoms with E-state index >= 15 is 0 Å². The van der Waals surface area contributed by atoms with Gasteiger partial charge in [0.25, 0.3) is 0 Å².